The Bertz CT molecular complexity index is 780. The molecular weight excluding hydrogens is 317 g/mol. The number of nitrogens with zero attached hydrogens (tertiary/aromatic N) is 3. The van der Waals surface area contributed by atoms with Gasteiger partial charge in [-0.3, -0.25) is 9.36 Å². The number of hydrogen-bond donors (Lipinski definition) is 0. The second kappa shape index (κ2) is 5.88. The summed E-state index contributed by atoms with van der Waals surface area (Å²) in [5, 5.41) is 10.5. The van der Waals surface area contributed by atoms with Crippen LogP contribution in [0, 0.1) is 11.3 Å². The number of benzene rings is 1. The van der Waals surface area contributed by atoms with Crippen molar-refractivity contribution in [2.75, 3.05) is 6.26 Å². The van der Waals surface area contributed by atoms with Crippen LogP contribution in [0.3, 0.4) is 0 Å². The normalized spacial score (nSPS) is 10.3. The first kappa shape index (κ1) is 14.9. The van der Waals surface area contributed by atoms with Gasteiger partial charge in [-0.1, -0.05) is 41.0 Å². The number of halogens is 2. The molecule has 0 N–H and O–H groups in total. The highest BCUT2D eigenvalue weighted by atomic mass is 35.5. The minimum absolute atomic E-state index is 0.0105. The highest BCUT2D eigenvalue weighted by molar-refractivity contribution is 7.98. The zero-order valence-electron chi connectivity index (χ0n) is 10.6. The standard InChI is InChI=1S/C13H9Cl2N3OS/c1-18-12(19)8(6-16)11(17-13(18)20-2)7-3-4-9(14)10(15)5-7/h3-5H,1-2H3. The lowest BCUT2D eigenvalue weighted by Crippen LogP contribution is -2.23. The summed E-state index contributed by atoms with van der Waals surface area (Å²) >= 11 is 13.2. The molecule has 0 saturated heterocycles. The maximum atomic E-state index is 12.2. The molecule has 0 aliphatic heterocycles. The highest BCUT2D eigenvalue weighted by Gasteiger charge is 2.16. The first-order valence-corrected chi connectivity index (χ1v) is 7.48. The van der Waals surface area contributed by atoms with E-state index in [-0.39, 0.29) is 11.1 Å². The molecule has 0 amide bonds. The molecule has 0 aliphatic rings. The molecule has 1 aromatic carbocycles. The summed E-state index contributed by atoms with van der Waals surface area (Å²) in [5.74, 6) is 0. The van der Waals surface area contributed by atoms with E-state index in [1.807, 2.05) is 12.3 Å². The van der Waals surface area contributed by atoms with Crippen molar-refractivity contribution in [3.63, 3.8) is 0 Å². The molecule has 0 radical (unpaired) electrons. The van der Waals surface area contributed by atoms with Crippen LogP contribution in [0.4, 0.5) is 0 Å². The Morgan fingerprint density at radius 1 is 1.35 bits per heavy atom. The van der Waals surface area contributed by atoms with Gasteiger partial charge in [-0.15, -0.1) is 0 Å². The van der Waals surface area contributed by atoms with E-state index in [0.717, 1.165) is 0 Å². The Hall–Kier alpha value is -1.48. The molecule has 4 nitrogen and oxygen atoms in total. The van der Waals surface area contributed by atoms with Crippen LogP contribution < -0.4 is 5.56 Å². The van der Waals surface area contributed by atoms with Crippen molar-refractivity contribution < 1.29 is 0 Å². The fourth-order valence-electron chi connectivity index (χ4n) is 1.72. The average molecular weight is 326 g/mol. The van der Waals surface area contributed by atoms with Crippen LogP contribution in [-0.4, -0.2) is 15.8 Å². The number of hydrogen-bond acceptors (Lipinski definition) is 4. The molecule has 0 saturated carbocycles. The van der Waals surface area contributed by atoms with Crippen molar-refractivity contribution >= 4 is 35.0 Å². The van der Waals surface area contributed by atoms with E-state index in [1.165, 1.54) is 16.3 Å². The molecule has 20 heavy (non-hydrogen) atoms. The zero-order chi connectivity index (χ0) is 14.9. The van der Waals surface area contributed by atoms with Gasteiger partial charge in [0, 0.05) is 12.6 Å². The Balaban J connectivity index is 2.79. The maximum Gasteiger partial charge on any atom is 0.272 e. The summed E-state index contributed by atoms with van der Waals surface area (Å²) in [5.41, 5.74) is 0.513. The fraction of sp³-hybridized carbons (Fsp3) is 0.154. The monoisotopic (exact) mass is 325 g/mol. The van der Waals surface area contributed by atoms with E-state index < -0.39 is 0 Å². The molecule has 0 atom stereocenters. The van der Waals surface area contributed by atoms with E-state index in [2.05, 4.69) is 4.98 Å². The van der Waals surface area contributed by atoms with Gasteiger partial charge in [0.25, 0.3) is 5.56 Å². The van der Waals surface area contributed by atoms with Crippen LogP contribution >= 0.6 is 35.0 Å². The summed E-state index contributed by atoms with van der Waals surface area (Å²) < 4.78 is 1.35. The molecule has 0 fully saturated rings. The van der Waals surface area contributed by atoms with Gasteiger partial charge in [0.1, 0.15) is 11.6 Å². The first-order chi connectivity index (χ1) is 9.49. The van der Waals surface area contributed by atoms with Gasteiger partial charge in [-0.25, -0.2) is 4.98 Å². The second-order valence-electron chi connectivity index (χ2n) is 3.93. The molecular formula is C13H9Cl2N3OS. The molecule has 102 valence electrons. The van der Waals surface area contributed by atoms with Gasteiger partial charge in [-0.2, -0.15) is 5.26 Å². The van der Waals surface area contributed by atoms with Crippen molar-refractivity contribution in [2.45, 2.75) is 5.16 Å². The van der Waals surface area contributed by atoms with Crippen LogP contribution in [0.15, 0.2) is 28.2 Å². The molecule has 7 heteroatoms. The largest absolute Gasteiger partial charge is 0.290 e. The predicted octanol–water partition coefficient (Wildman–Crippen LogP) is 3.35. The van der Waals surface area contributed by atoms with Crippen LogP contribution in [0.1, 0.15) is 5.56 Å². The van der Waals surface area contributed by atoms with Gasteiger partial charge in [0.2, 0.25) is 0 Å². The van der Waals surface area contributed by atoms with E-state index in [1.54, 1.807) is 25.2 Å². The molecule has 0 aliphatic carbocycles. The quantitative estimate of drug-likeness (QED) is 0.627. The highest BCUT2D eigenvalue weighted by Crippen LogP contribution is 2.29. The van der Waals surface area contributed by atoms with Crippen molar-refractivity contribution in [2.24, 2.45) is 7.05 Å². The SMILES string of the molecule is CSc1nc(-c2ccc(Cl)c(Cl)c2)c(C#N)c(=O)n1C. The van der Waals surface area contributed by atoms with Crippen molar-refractivity contribution in [3.05, 3.63) is 44.2 Å². The summed E-state index contributed by atoms with van der Waals surface area (Å²) in [6.45, 7) is 0. The van der Waals surface area contributed by atoms with Gasteiger partial charge in [-0.05, 0) is 18.4 Å². The Labute approximate surface area is 130 Å². The fourth-order valence-corrected chi connectivity index (χ4v) is 2.56. The molecule has 0 spiro atoms. The lowest BCUT2D eigenvalue weighted by molar-refractivity contribution is 0.709. The van der Waals surface area contributed by atoms with Crippen LogP contribution in [0.5, 0.6) is 0 Å². The Morgan fingerprint density at radius 3 is 2.60 bits per heavy atom. The van der Waals surface area contributed by atoms with Crippen molar-refractivity contribution in [1.29, 1.82) is 5.26 Å². The lowest BCUT2D eigenvalue weighted by Gasteiger charge is -2.10. The van der Waals surface area contributed by atoms with E-state index in [4.69, 9.17) is 23.2 Å². The molecule has 1 aromatic heterocycles. The summed E-state index contributed by atoms with van der Waals surface area (Å²) in [4.78, 5) is 16.5. The lowest BCUT2D eigenvalue weighted by atomic mass is 10.1. The zero-order valence-corrected chi connectivity index (χ0v) is 13.0. The van der Waals surface area contributed by atoms with Gasteiger partial charge < -0.3 is 0 Å². The Morgan fingerprint density at radius 2 is 2.05 bits per heavy atom. The number of aromatic nitrogens is 2. The predicted molar refractivity (Wildman–Crippen MR) is 81.4 cm³/mol. The first-order valence-electron chi connectivity index (χ1n) is 5.50. The van der Waals surface area contributed by atoms with E-state index in [0.29, 0.717) is 26.5 Å². The van der Waals surface area contributed by atoms with Crippen LogP contribution in [-0.2, 0) is 7.05 Å². The number of rotatable bonds is 2. The average Bonchev–Trinajstić information content (AvgIpc) is 2.44. The van der Waals surface area contributed by atoms with Gasteiger partial charge in [0.05, 0.1) is 15.7 Å². The van der Waals surface area contributed by atoms with Crippen molar-refractivity contribution in [1.82, 2.24) is 9.55 Å². The van der Waals surface area contributed by atoms with E-state index in [9.17, 15) is 10.1 Å². The topological polar surface area (TPSA) is 58.7 Å². The van der Waals surface area contributed by atoms with Crippen molar-refractivity contribution in [3.8, 4) is 17.3 Å². The third-order valence-corrected chi connectivity index (χ3v) is 4.21. The van der Waals surface area contributed by atoms with Crippen LogP contribution in [0.25, 0.3) is 11.3 Å². The van der Waals surface area contributed by atoms with Crippen LogP contribution in [0.2, 0.25) is 10.0 Å². The molecule has 2 rings (SSSR count). The Kier molecular flexibility index (Phi) is 4.39. The smallest absolute Gasteiger partial charge is 0.272 e. The second-order valence-corrected chi connectivity index (χ2v) is 5.51. The summed E-state index contributed by atoms with van der Waals surface area (Å²) in [6.07, 6.45) is 1.81. The maximum absolute atomic E-state index is 12.2. The number of thioether (sulfide) groups is 1. The third-order valence-electron chi connectivity index (χ3n) is 2.74. The molecule has 0 unspecified atom stereocenters. The minimum Gasteiger partial charge on any atom is -0.290 e. The van der Waals surface area contributed by atoms with Gasteiger partial charge in [0.15, 0.2) is 5.16 Å². The minimum atomic E-state index is -0.382. The third kappa shape index (κ3) is 2.55. The summed E-state index contributed by atoms with van der Waals surface area (Å²) in [7, 11) is 1.58. The molecule has 0 bridgehead atoms. The molecule has 2 aromatic rings. The van der Waals surface area contributed by atoms with E-state index >= 15 is 0 Å². The summed E-state index contributed by atoms with van der Waals surface area (Å²) in [6, 6.07) is 6.79. The molecule has 1 heterocycles. The van der Waals surface area contributed by atoms with Gasteiger partial charge >= 0.3 is 0 Å². The number of nitriles is 1.